The Hall–Kier alpha value is -2.16. The molecule has 27 heavy (non-hydrogen) atoms. The van der Waals surface area contributed by atoms with Crippen LogP contribution < -0.4 is 0 Å². The molecule has 2 aromatic carbocycles. The van der Waals surface area contributed by atoms with Crippen LogP contribution >= 0.6 is 11.6 Å². The molecule has 0 aliphatic rings. The van der Waals surface area contributed by atoms with Crippen molar-refractivity contribution in [1.29, 1.82) is 0 Å². The Balaban J connectivity index is 2.11. The molecule has 1 aromatic heterocycles. The van der Waals surface area contributed by atoms with Crippen LogP contribution in [-0.2, 0) is 15.4 Å². The number of rotatable bonds is 3. The molecule has 3 aromatic rings. The molecule has 1 atom stereocenters. The lowest BCUT2D eigenvalue weighted by molar-refractivity contribution is -0.258. The van der Waals surface area contributed by atoms with E-state index in [-0.39, 0.29) is 14.8 Å². The molecule has 0 radical (unpaired) electrons. The van der Waals surface area contributed by atoms with E-state index in [1.807, 2.05) is 0 Å². The van der Waals surface area contributed by atoms with Gasteiger partial charge in [-0.05, 0) is 36.8 Å². The number of hydrogen-bond donors (Lipinski definition) is 1. The molecule has 1 N–H and O–H groups in total. The fourth-order valence-electron chi connectivity index (χ4n) is 2.60. The third-order valence-corrected chi connectivity index (χ3v) is 6.38. The Labute approximate surface area is 158 Å². The number of aliphatic hydroxyl groups is 1. The highest BCUT2D eigenvalue weighted by Crippen LogP contribution is 2.39. The molecule has 9 heteroatoms. The van der Waals surface area contributed by atoms with Gasteiger partial charge in [0, 0.05) is 11.6 Å². The molecule has 0 spiro atoms. The van der Waals surface area contributed by atoms with Crippen LogP contribution in [0.3, 0.4) is 0 Å². The van der Waals surface area contributed by atoms with Crippen LogP contribution in [0, 0.1) is 0 Å². The lowest BCUT2D eigenvalue weighted by atomic mass is 9.96. The molecule has 4 nitrogen and oxygen atoms in total. The van der Waals surface area contributed by atoms with Crippen LogP contribution in [-0.4, -0.2) is 24.7 Å². The minimum atomic E-state index is -4.90. The Bertz CT molecular complexity index is 1110. The monoisotopic (exact) mass is 415 g/mol. The van der Waals surface area contributed by atoms with Crippen molar-refractivity contribution >= 4 is 32.3 Å². The zero-order valence-electron chi connectivity index (χ0n) is 13.8. The summed E-state index contributed by atoms with van der Waals surface area (Å²) in [7, 11) is -4.04. The van der Waals surface area contributed by atoms with Crippen molar-refractivity contribution < 1.29 is 26.7 Å². The average Bonchev–Trinajstić information content (AvgIpc) is 2.61. The minimum Gasteiger partial charge on any atom is -0.376 e. The number of benzene rings is 2. The van der Waals surface area contributed by atoms with Gasteiger partial charge in [-0.1, -0.05) is 35.9 Å². The van der Waals surface area contributed by atoms with E-state index in [4.69, 9.17) is 11.6 Å². The van der Waals surface area contributed by atoms with Crippen molar-refractivity contribution in [3.8, 4) is 0 Å². The fourth-order valence-corrected chi connectivity index (χ4v) is 4.26. The summed E-state index contributed by atoms with van der Waals surface area (Å²) < 4.78 is 64.8. The highest BCUT2D eigenvalue weighted by Gasteiger charge is 2.51. The van der Waals surface area contributed by atoms with Crippen LogP contribution in [0.4, 0.5) is 13.2 Å². The largest absolute Gasteiger partial charge is 0.421 e. The van der Waals surface area contributed by atoms with Gasteiger partial charge in [0.25, 0.3) is 0 Å². The first-order valence-electron chi connectivity index (χ1n) is 7.64. The van der Waals surface area contributed by atoms with E-state index in [1.165, 1.54) is 12.3 Å². The SMILES string of the molecule is CC(O)(c1ccc(S(=O)(=O)c2ccnc3c(Cl)cccc23)cc1)C(F)(F)F. The van der Waals surface area contributed by atoms with E-state index in [9.17, 15) is 26.7 Å². The number of nitrogens with zero attached hydrogens (tertiary/aromatic N) is 1. The van der Waals surface area contributed by atoms with E-state index in [0.29, 0.717) is 17.8 Å². The summed E-state index contributed by atoms with van der Waals surface area (Å²) >= 11 is 6.05. The molecule has 0 amide bonds. The zero-order chi connectivity index (χ0) is 20.0. The molecule has 0 fully saturated rings. The standard InChI is InChI=1S/C18H13ClF3NO3S/c1-17(24,18(20,21)22)11-5-7-12(8-6-11)27(25,26)15-9-10-23-16-13(15)3-2-4-14(16)19/h2-10,24H,1H3. The number of fused-ring (bicyclic) bond motifs is 1. The molecular formula is C18H13ClF3NO3S. The minimum absolute atomic E-state index is 0.0645. The number of halogens is 4. The summed E-state index contributed by atoms with van der Waals surface area (Å²) in [6.45, 7) is 0.606. The van der Waals surface area contributed by atoms with Gasteiger partial charge in [0.1, 0.15) is 0 Å². The first-order valence-corrected chi connectivity index (χ1v) is 9.50. The van der Waals surface area contributed by atoms with Crippen molar-refractivity contribution in [2.45, 2.75) is 28.5 Å². The topological polar surface area (TPSA) is 67.3 Å². The van der Waals surface area contributed by atoms with Gasteiger partial charge in [-0.15, -0.1) is 0 Å². The van der Waals surface area contributed by atoms with Crippen molar-refractivity contribution in [2.24, 2.45) is 0 Å². The number of para-hydroxylation sites is 1. The van der Waals surface area contributed by atoms with E-state index in [1.54, 1.807) is 18.2 Å². The molecule has 0 aliphatic carbocycles. The summed E-state index contributed by atoms with van der Waals surface area (Å²) in [5.74, 6) is 0. The Morgan fingerprint density at radius 3 is 2.26 bits per heavy atom. The van der Waals surface area contributed by atoms with Gasteiger partial charge < -0.3 is 5.11 Å². The molecule has 0 saturated carbocycles. The van der Waals surface area contributed by atoms with Gasteiger partial charge in [-0.25, -0.2) is 8.42 Å². The third-order valence-electron chi connectivity index (χ3n) is 4.25. The molecule has 142 valence electrons. The normalized spacial score (nSPS) is 14.9. The molecule has 0 saturated heterocycles. The number of pyridine rings is 1. The molecular weight excluding hydrogens is 403 g/mol. The number of sulfone groups is 1. The van der Waals surface area contributed by atoms with Crippen molar-refractivity contribution in [2.75, 3.05) is 0 Å². The van der Waals surface area contributed by atoms with Crippen molar-refractivity contribution in [3.05, 3.63) is 65.3 Å². The fraction of sp³-hybridized carbons (Fsp3) is 0.167. The Kier molecular flexibility index (Phi) is 4.70. The number of aromatic nitrogens is 1. The first-order chi connectivity index (χ1) is 12.5. The summed E-state index contributed by atoms with van der Waals surface area (Å²) in [6, 6.07) is 9.94. The van der Waals surface area contributed by atoms with Gasteiger partial charge >= 0.3 is 6.18 Å². The number of alkyl halides is 3. The number of hydrogen-bond acceptors (Lipinski definition) is 4. The lowest BCUT2D eigenvalue weighted by Gasteiger charge is -2.26. The van der Waals surface area contributed by atoms with E-state index in [2.05, 4.69) is 4.98 Å². The summed E-state index contributed by atoms with van der Waals surface area (Å²) in [4.78, 5) is 3.79. The maximum atomic E-state index is 13.0. The summed E-state index contributed by atoms with van der Waals surface area (Å²) in [5, 5.41) is 10.3. The second-order valence-corrected chi connectivity index (χ2v) is 8.37. The zero-order valence-corrected chi connectivity index (χ0v) is 15.4. The van der Waals surface area contributed by atoms with Crippen LogP contribution in [0.15, 0.2) is 64.5 Å². The Morgan fingerprint density at radius 1 is 1.04 bits per heavy atom. The quantitative estimate of drug-likeness (QED) is 0.684. The van der Waals surface area contributed by atoms with Gasteiger partial charge in [0.15, 0.2) is 5.60 Å². The highest BCUT2D eigenvalue weighted by molar-refractivity contribution is 7.91. The van der Waals surface area contributed by atoms with Gasteiger partial charge in [0.05, 0.1) is 20.3 Å². The van der Waals surface area contributed by atoms with Crippen LogP contribution in [0.1, 0.15) is 12.5 Å². The second-order valence-electron chi connectivity index (χ2n) is 6.04. The van der Waals surface area contributed by atoms with Gasteiger partial charge in [-0.3, -0.25) is 4.98 Å². The highest BCUT2D eigenvalue weighted by atomic mass is 35.5. The van der Waals surface area contributed by atoms with Crippen LogP contribution in [0.5, 0.6) is 0 Å². The van der Waals surface area contributed by atoms with Crippen LogP contribution in [0.2, 0.25) is 5.02 Å². The van der Waals surface area contributed by atoms with E-state index >= 15 is 0 Å². The molecule has 0 aliphatic heterocycles. The third kappa shape index (κ3) is 3.28. The maximum absolute atomic E-state index is 13.0. The molecule has 0 bridgehead atoms. The van der Waals surface area contributed by atoms with Crippen molar-refractivity contribution in [3.63, 3.8) is 0 Å². The van der Waals surface area contributed by atoms with Gasteiger partial charge in [-0.2, -0.15) is 13.2 Å². The molecule has 1 unspecified atom stereocenters. The van der Waals surface area contributed by atoms with E-state index in [0.717, 1.165) is 24.3 Å². The van der Waals surface area contributed by atoms with E-state index < -0.39 is 27.2 Å². The summed E-state index contributed by atoms with van der Waals surface area (Å²) in [5.41, 5.74) is -3.25. The lowest BCUT2D eigenvalue weighted by Crippen LogP contribution is -2.39. The summed E-state index contributed by atoms with van der Waals surface area (Å²) in [6.07, 6.45) is -3.60. The predicted molar refractivity (Wildman–Crippen MR) is 94.3 cm³/mol. The second kappa shape index (κ2) is 6.47. The first kappa shape index (κ1) is 19.6. The smallest absolute Gasteiger partial charge is 0.376 e. The van der Waals surface area contributed by atoms with Crippen molar-refractivity contribution in [1.82, 2.24) is 4.98 Å². The van der Waals surface area contributed by atoms with Gasteiger partial charge in [0.2, 0.25) is 9.84 Å². The van der Waals surface area contributed by atoms with Crippen LogP contribution in [0.25, 0.3) is 10.9 Å². The Morgan fingerprint density at radius 2 is 1.67 bits per heavy atom. The molecule has 1 heterocycles. The molecule has 3 rings (SSSR count). The predicted octanol–water partition coefficient (Wildman–Crippen LogP) is 4.49. The average molecular weight is 416 g/mol. The maximum Gasteiger partial charge on any atom is 0.421 e.